The van der Waals surface area contributed by atoms with Crippen LogP contribution in [-0.4, -0.2) is 61.2 Å². The monoisotopic (exact) mass is 469 g/mol. The summed E-state index contributed by atoms with van der Waals surface area (Å²) in [5.74, 6) is -0.375. The maximum atomic E-state index is 13.0. The Bertz CT molecular complexity index is 1090. The Morgan fingerprint density at radius 2 is 1.90 bits per heavy atom. The van der Waals surface area contributed by atoms with E-state index in [2.05, 4.69) is 9.73 Å². The highest BCUT2D eigenvalue weighted by Crippen LogP contribution is 2.30. The smallest absolute Gasteiger partial charge is 0.387 e. The predicted octanol–water partition coefficient (Wildman–Crippen LogP) is 3.80. The van der Waals surface area contributed by atoms with Gasteiger partial charge in [-0.3, -0.25) is 9.69 Å². The highest BCUT2D eigenvalue weighted by Gasteiger charge is 2.31. The second kappa shape index (κ2) is 9.33. The number of carbonyl (C=O) groups is 1. The number of amides is 1. The number of ether oxygens (including phenoxy) is 1. The molecule has 0 bridgehead atoms. The van der Waals surface area contributed by atoms with Gasteiger partial charge in [-0.2, -0.15) is 8.78 Å². The molecule has 0 radical (unpaired) electrons. The summed E-state index contributed by atoms with van der Waals surface area (Å²) >= 11 is 1.39. The van der Waals surface area contributed by atoms with Gasteiger partial charge in [-0.15, -0.1) is 0 Å². The molecule has 3 rings (SSSR count). The number of nitrogens with zero attached hydrogens (tertiary/aromatic N) is 3. The lowest BCUT2D eigenvalue weighted by Gasteiger charge is -2.17. The third kappa shape index (κ3) is 5.41. The summed E-state index contributed by atoms with van der Waals surface area (Å²) in [7, 11) is -0.728. The Kier molecular flexibility index (Phi) is 6.97. The fourth-order valence-electron chi connectivity index (χ4n) is 2.84. The number of halogens is 2. The van der Waals surface area contributed by atoms with Gasteiger partial charge in [0, 0.05) is 31.5 Å². The van der Waals surface area contributed by atoms with Crippen LogP contribution in [0.2, 0.25) is 0 Å². The molecule has 166 valence electrons. The van der Waals surface area contributed by atoms with Crippen molar-refractivity contribution in [2.75, 3.05) is 20.6 Å². The summed E-state index contributed by atoms with van der Waals surface area (Å²) in [5, 5.41) is 0.516. The van der Waals surface area contributed by atoms with Gasteiger partial charge in [0.05, 0.1) is 10.6 Å². The Morgan fingerprint density at radius 1 is 1.23 bits per heavy atom. The zero-order chi connectivity index (χ0) is 22.8. The van der Waals surface area contributed by atoms with E-state index in [1.54, 1.807) is 12.1 Å². The molecule has 0 aromatic heterocycles. The van der Waals surface area contributed by atoms with Gasteiger partial charge in [0.1, 0.15) is 5.75 Å². The average molecular weight is 470 g/mol. The van der Waals surface area contributed by atoms with Crippen LogP contribution in [0.25, 0.3) is 0 Å². The number of rotatable bonds is 6. The molecule has 1 unspecified atom stereocenters. The Balaban J connectivity index is 1.88. The standard InChI is InChI=1S/C20H21F2N3O4S2/c1-13-12-25(18(26)14-7-9-16(10-8-14)29-19(21)22)20(30-13)23-15-5-4-6-17(11-15)31(27,28)24(2)3/h4-11,13,19H,12H2,1-3H3. The van der Waals surface area contributed by atoms with Crippen molar-refractivity contribution in [2.45, 2.75) is 23.7 Å². The van der Waals surface area contributed by atoms with Crippen LogP contribution in [0.5, 0.6) is 5.75 Å². The van der Waals surface area contributed by atoms with Crippen molar-refractivity contribution in [3.05, 3.63) is 54.1 Å². The molecule has 2 aromatic rings. The first-order chi connectivity index (χ1) is 14.6. The molecule has 1 fully saturated rings. The number of sulfonamides is 1. The van der Waals surface area contributed by atoms with E-state index in [-0.39, 0.29) is 21.8 Å². The number of hydrogen-bond donors (Lipinski definition) is 0. The highest BCUT2D eigenvalue weighted by molar-refractivity contribution is 8.14. The van der Waals surface area contributed by atoms with E-state index in [0.717, 1.165) is 4.31 Å². The first-order valence-electron chi connectivity index (χ1n) is 9.22. The summed E-state index contributed by atoms with van der Waals surface area (Å²) in [5.41, 5.74) is 0.700. The van der Waals surface area contributed by atoms with Crippen molar-refractivity contribution >= 4 is 38.5 Å². The summed E-state index contributed by atoms with van der Waals surface area (Å²) in [4.78, 5) is 19.1. The lowest BCUT2D eigenvalue weighted by molar-refractivity contribution is -0.0498. The van der Waals surface area contributed by atoms with Crippen molar-refractivity contribution < 1.29 is 26.7 Å². The topological polar surface area (TPSA) is 79.3 Å². The van der Waals surface area contributed by atoms with Crippen LogP contribution in [0, 0.1) is 0 Å². The molecule has 1 aliphatic heterocycles. The molecule has 0 saturated carbocycles. The third-order valence-electron chi connectivity index (χ3n) is 4.37. The molecule has 11 heteroatoms. The number of carbonyl (C=O) groups excluding carboxylic acids is 1. The highest BCUT2D eigenvalue weighted by atomic mass is 32.2. The van der Waals surface area contributed by atoms with Gasteiger partial charge in [-0.25, -0.2) is 17.7 Å². The second-order valence-electron chi connectivity index (χ2n) is 6.93. The fraction of sp³-hybridized carbons (Fsp3) is 0.300. The van der Waals surface area contributed by atoms with Crippen LogP contribution in [0.3, 0.4) is 0 Å². The maximum Gasteiger partial charge on any atom is 0.387 e. The van der Waals surface area contributed by atoms with Crippen LogP contribution in [0.4, 0.5) is 14.5 Å². The van der Waals surface area contributed by atoms with Gasteiger partial charge in [0.2, 0.25) is 10.0 Å². The Hall–Kier alpha value is -2.50. The van der Waals surface area contributed by atoms with Gasteiger partial charge in [0.25, 0.3) is 5.91 Å². The Morgan fingerprint density at radius 3 is 2.52 bits per heavy atom. The maximum absolute atomic E-state index is 13.0. The minimum absolute atomic E-state index is 0.0384. The first-order valence-corrected chi connectivity index (χ1v) is 11.5. The second-order valence-corrected chi connectivity index (χ2v) is 10.5. The summed E-state index contributed by atoms with van der Waals surface area (Å²) in [6, 6.07) is 11.6. The van der Waals surface area contributed by atoms with Gasteiger partial charge < -0.3 is 4.74 Å². The largest absolute Gasteiger partial charge is 0.435 e. The van der Waals surface area contributed by atoms with E-state index in [9.17, 15) is 22.0 Å². The van der Waals surface area contributed by atoms with Crippen molar-refractivity contribution in [3.8, 4) is 5.75 Å². The number of hydrogen-bond acceptors (Lipinski definition) is 6. The molecule has 1 amide bonds. The normalized spacial score (nSPS) is 18.2. The van der Waals surface area contributed by atoms with Crippen molar-refractivity contribution in [1.82, 2.24) is 9.21 Å². The molecule has 1 aliphatic rings. The third-order valence-corrected chi connectivity index (χ3v) is 7.25. The molecular weight excluding hydrogens is 448 g/mol. The van der Waals surface area contributed by atoms with Crippen molar-refractivity contribution in [1.29, 1.82) is 0 Å². The zero-order valence-corrected chi connectivity index (χ0v) is 18.7. The van der Waals surface area contributed by atoms with Crippen molar-refractivity contribution in [2.24, 2.45) is 4.99 Å². The van der Waals surface area contributed by atoms with Crippen LogP contribution >= 0.6 is 11.8 Å². The van der Waals surface area contributed by atoms with Gasteiger partial charge >= 0.3 is 6.61 Å². The predicted molar refractivity (Wildman–Crippen MR) is 116 cm³/mol. The van der Waals surface area contributed by atoms with E-state index >= 15 is 0 Å². The number of amidine groups is 1. The SMILES string of the molecule is CC1CN(C(=O)c2ccc(OC(F)F)cc2)C(=Nc2cccc(S(=O)(=O)N(C)C)c2)S1. The minimum Gasteiger partial charge on any atom is -0.435 e. The van der Waals surface area contributed by atoms with E-state index in [1.165, 1.54) is 67.2 Å². The van der Waals surface area contributed by atoms with E-state index in [1.807, 2.05) is 6.92 Å². The summed E-state index contributed by atoms with van der Waals surface area (Å²) in [6.45, 7) is -0.587. The van der Waals surface area contributed by atoms with Crippen LogP contribution in [-0.2, 0) is 10.0 Å². The quantitative estimate of drug-likeness (QED) is 0.643. The minimum atomic E-state index is -3.62. The van der Waals surface area contributed by atoms with Gasteiger partial charge in [-0.1, -0.05) is 24.8 Å². The fourth-order valence-corrected chi connectivity index (χ4v) is 4.81. The Labute approximate surface area is 183 Å². The van der Waals surface area contributed by atoms with E-state index in [0.29, 0.717) is 23.0 Å². The molecule has 1 saturated heterocycles. The van der Waals surface area contributed by atoms with Crippen LogP contribution in [0.15, 0.2) is 58.4 Å². The lowest BCUT2D eigenvalue weighted by atomic mass is 10.2. The van der Waals surface area contributed by atoms with Crippen LogP contribution < -0.4 is 4.74 Å². The molecule has 0 spiro atoms. The van der Waals surface area contributed by atoms with E-state index < -0.39 is 16.6 Å². The molecule has 0 aliphatic carbocycles. The van der Waals surface area contributed by atoms with Crippen molar-refractivity contribution in [3.63, 3.8) is 0 Å². The molecule has 7 nitrogen and oxygen atoms in total. The van der Waals surface area contributed by atoms with E-state index in [4.69, 9.17) is 0 Å². The number of benzene rings is 2. The first kappa shape index (κ1) is 23.2. The zero-order valence-electron chi connectivity index (χ0n) is 17.0. The molecule has 1 atom stereocenters. The number of alkyl halides is 2. The molecule has 31 heavy (non-hydrogen) atoms. The number of aliphatic imine (C=N–C) groups is 1. The summed E-state index contributed by atoms with van der Waals surface area (Å²) < 4.78 is 54.8. The molecule has 1 heterocycles. The average Bonchev–Trinajstić information content (AvgIpc) is 3.07. The van der Waals surface area contributed by atoms with Crippen LogP contribution in [0.1, 0.15) is 17.3 Å². The molecule has 2 aromatic carbocycles. The summed E-state index contributed by atoms with van der Waals surface area (Å²) in [6.07, 6.45) is 0. The van der Waals surface area contributed by atoms with Gasteiger partial charge in [-0.05, 0) is 42.5 Å². The lowest BCUT2D eigenvalue weighted by Crippen LogP contribution is -2.32. The molecular formula is C20H21F2N3O4S2. The van der Waals surface area contributed by atoms with Gasteiger partial charge in [0.15, 0.2) is 5.17 Å². The number of thioether (sulfide) groups is 1. The molecule has 0 N–H and O–H groups in total.